The number of ketones is 1. The molecule has 0 aromatic heterocycles. The minimum atomic E-state index is -0.908. The van der Waals surface area contributed by atoms with Crippen molar-refractivity contribution in [1.29, 1.82) is 0 Å². The predicted molar refractivity (Wildman–Crippen MR) is 88.0 cm³/mol. The number of aliphatic carboxylic acids is 1. The fraction of sp³-hybridized carbons (Fsp3) is 0.500. The van der Waals surface area contributed by atoms with Crippen LogP contribution in [0.25, 0.3) is 0 Å². The molecule has 1 aliphatic rings. The molecule has 2 unspecified atom stereocenters. The van der Waals surface area contributed by atoms with E-state index in [0.29, 0.717) is 13.0 Å². The first kappa shape index (κ1) is 18.9. The normalized spacial score (nSPS) is 20.2. The number of rotatable bonds is 6. The number of benzene rings is 1. The van der Waals surface area contributed by atoms with Gasteiger partial charge in [-0.05, 0) is 30.5 Å². The van der Waals surface area contributed by atoms with Crippen LogP contribution < -0.4 is 4.74 Å². The molecule has 0 aliphatic carbocycles. The van der Waals surface area contributed by atoms with Crippen molar-refractivity contribution >= 4 is 17.7 Å². The lowest BCUT2D eigenvalue weighted by molar-refractivity contribution is -0.146. The second-order valence-corrected chi connectivity index (χ2v) is 6.45. The molecule has 25 heavy (non-hydrogen) atoms. The van der Waals surface area contributed by atoms with Crippen molar-refractivity contribution in [2.75, 3.05) is 20.2 Å². The van der Waals surface area contributed by atoms with Gasteiger partial charge >= 0.3 is 5.97 Å². The van der Waals surface area contributed by atoms with E-state index >= 15 is 0 Å². The molecule has 0 radical (unpaired) electrons. The van der Waals surface area contributed by atoms with Gasteiger partial charge in [0.2, 0.25) is 5.91 Å². The number of carbonyl (C=O) groups is 3. The van der Waals surface area contributed by atoms with E-state index in [0.717, 1.165) is 6.07 Å². The Hall–Kier alpha value is -2.44. The Kier molecular flexibility index (Phi) is 6.12. The van der Waals surface area contributed by atoms with Crippen molar-refractivity contribution in [1.82, 2.24) is 4.90 Å². The van der Waals surface area contributed by atoms with Gasteiger partial charge in [0.1, 0.15) is 0 Å². The van der Waals surface area contributed by atoms with Crippen LogP contribution in [0.5, 0.6) is 5.75 Å². The number of amides is 1. The molecular formula is C18H22FNO5. The highest BCUT2D eigenvalue weighted by Crippen LogP contribution is 2.23. The Labute approximate surface area is 145 Å². The lowest BCUT2D eigenvalue weighted by atomic mass is 9.90. The molecule has 1 aliphatic heterocycles. The van der Waals surface area contributed by atoms with E-state index in [1.807, 2.05) is 6.92 Å². The van der Waals surface area contributed by atoms with Gasteiger partial charge in [0.15, 0.2) is 17.3 Å². The summed E-state index contributed by atoms with van der Waals surface area (Å²) in [6.45, 7) is 2.57. The van der Waals surface area contributed by atoms with Crippen molar-refractivity contribution in [2.45, 2.75) is 26.2 Å². The summed E-state index contributed by atoms with van der Waals surface area (Å²) in [6.07, 6.45) is 0.474. The Bertz CT molecular complexity index is 675. The number of hydrogen-bond acceptors (Lipinski definition) is 4. The van der Waals surface area contributed by atoms with Crippen LogP contribution in [0.4, 0.5) is 4.39 Å². The quantitative estimate of drug-likeness (QED) is 0.796. The van der Waals surface area contributed by atoms with Crippen molar-refractivity contribution in [2.24, 2.45) is 11.8 Å². The average molecular weight is 351 g/mol. The van der Waals surface area contributed by atoms with Crippen molar-refractivity contribution in [3.63, 3.8) is 0 Å². The summed E-state index contributed by atoms with van der Waals surface area (Å²) in [4.78, 5) is 37.1. The van der Waals surface area contributed by atoms with Crippen molar-refractivity contribution in [3.05, 3.63) is 29.6 Å². The number of carbonyl (C=O) groups excluding carboxylic acids is 2. The smallest absolute Gasteiger partial charge is 0.308 e. The minimum absolute atomic E-state index is 0.0223. The molecular weight excluding hydrogens is 329 g/mol. The van der Waals surface area contributed by atoms with E-state index in [4.69, 9.17) is 9.84 Å². The molecule has 1 heterocycles. The molecule has 1 saturated heterocycles. The van der Waals surface area contributed by atoms with Crippen molar-refractivity contribution in [3.8, 4) is 5.75 Å². The Morgan fingerprint density at radius 2 is 2.00 bits per heavy atom. The maximum atomic E-state index is 13.7. The Morgan fingerprint density at radius 1 is 1.28 bits per heavy atom. The van der Waals surface area contributed by atoms with Gasteiger partial charge in [-0.3, -0.25) is 14.4 Å². The number of hydrogen-bond donors (Lipinski definition) is 1. The molecule has 2 atom stereocenters. The number of nitrogens with zero attached hydrogens (tertiary/aromatic N) is 1. The fourth-order valence-corrected chi connectivity index (χ4v) is 3.10. The zero-order valence-corrected chi connectivity index (χ0v) is 14.3. The summed E-state index contributed by atoms with van der Waals surface area (Å²) >= 11 is 0. The summed E-state index contributed by atoms with van der Waals surface area (Å²) in [5.41, 5.74) is 0.182. The van der Waals surface area contributed by atoms with E-state index in [9.17, 15) is 18.8 Å². The summed E-state index contributed by atoms with van der Waals surface area (Å²) in [7, 11) is 1.34. The largest absolute Gasteiger partial charge is 0.494 e. The maximum Gasteiger partial charge on any atom is 0.308 e. The Morgan fingerprint density at radius 3 is 2.60 bits per heavy atom. The van der Waals surface area contributed by atoms with Crippen LogP contribution in [0.2, 0.25) is 0 Å². The third-order valence-electron chi connectivity index (χ3n) is 4.40. The number of carboxylic acid groups (broad SMARTS) is 1. The van der Waals surface area contributed by atoms with E-state index in [-0.39, 0.29) is 48.3 Å². The van der Waals surface area contributed by atoms with E-state index in [1.165, 1.54) is 24.1 Å². The molecule has 1 amide bonds. The molecule has 1 fully saturated rings. The van der Waals surface area contributed by atoms with Gasteiger partial charge in [-0.2, -0.15) is 0 Å². The SMILES string of the molecule is COc1ccc(C(=O)CCC(=O)N2CC(C)CC(C(=O)O)C2)cc1F. The first-order chi connectivity index (χ1) is 11.8. The van der Waals surface area contributed by atoms with Crippen LogP contribution >= 0.6 is 0 Å². The molecule has 2 rings (SSSR count). The summed E-state index contributed by atoms with van der Waals surface area (Å²) in [5, 5.41) is 9.15. The molecule has 6 nitrogen and oxygen atoms in total. The van der Waals surface area contributed by atoms with Gasteiger partial charge in [0, 0.05) is 31.5 Å². The first-order valence-electron chi connectivity index (χ1n) is 8.19. The van der Waals surface area contributed by atoms with Crippen LogP contribution in [0, 0.1) is 17.7 Å². The number of piperidine rings is 1. The van der Waals surface area contributed by atoms with Crippen LogP contribution in [0.3, 0.4) is 0 Å². The summed E-state index contributed by atoms with van der Waals surface area (Å²) in [6, 6.07) is 3.92. The van der Waals surface area contributed by atoms with Crippen molar-refractivity contribution < 1.29 is 28.6 Å². The van der Waals surface area contributed by atoms with Crippen LogP contribution in [0.15, 0.2) is 18.2 Å². The molecule has 136 valence electrons. The zero-order valence-electron chi connectivity index (χ0n) is 14.3. The van der Waals surface area contributed by atoms with Gasteiger partial charge in [0.25, 0.3) is 0 Å². The second kappa shape index (κ2) is 8.09. The molecule has 0 bridgehead atoms. The molecule has 1 aromatic rings. The maximum absolute atomic E-state index is 13.7. The minimum Gasteiger partial charge on any atom is -0.494 e. The molecule has 0 spiro atoms. The fourth-order valence-electron chi connectivity index (χ4n) is 3.10. The van der Waals surface area contributed by atoms with Gasteiger partial charge < -0.3 is 14.7 Å². The number of likely N-dealkylation sites (tertiary alicyclic amines) is 1. The highest BCUT2D eigenvalue weighted by molar-refractivity contribution is 5.98. The third kappa shape index (κ3) is 4.78. The predicted octanol–water partition coefficient (Wildman–Crippen LogP) is 2.37. The van der Waals surface area contributed by atoms with Gasteiger partial charge in [-0.1, -0.05) is 6.92 Å². The second-order valence-electron chi connectivity index (χ2n) is 6.45. The third-order valence-corrected chi connectivity index (χ3v) is 4.40. The number of Topliss-reactive ketones (excluding diaryl/α,β-unsaturated/α-hetero) is 1. The number of carboxylic acids is 1. The highest BCUT2D eigenvalue weighted by Gasteiger charge is 2.31. The number of ether oxygens (including phenoxy) is 1. The summed E-state index contributed by atoms with van der Waals surface area (Å²) in [5.74, 6) is -2.54. The molecule has 1 N–H and O–H groups in total. The van der Waals surface area contributed by atoms with Crippen LogP contribution in [-0.2, 0) is 9.59 Å². The van der Waals surface area contributed by atoms with Crippen LogP contribution in [0.1, 0.15) is 36.5 Å². The van der Waals surface area contributed by atoms with Crippen LogP contribution in [-0.4, -0.2) is 47.9 Å². The number of methoxy groups -OCH3 is 1. The summed E-state index contributed by atoms with van der Waals surface area (Å²) < 4.78 is 18.5. The van der Waals surface area contributed by atoms with Gasteiger partial charge in [0.05, 0.1) is 13.0 Å². The monoisotopic (exact) mass is 351 g/mol. The Balaban J connectivity index is 1.93. The van der Waals surface area contributed by atoms with E-state index in [2.05, 4.69) is 0 Å². The number of halogens is 1. The first-order valence-corrected chi connectivity index (χ1v) is 8.19. The zero-order chi connectivity index (χ0) is 18.6. The van der Waals surface area contributed by atoms with E-state index < -0.39 is 17.7 Å². The van der Waals surface area contributed by atoms with Gasteiger partial charge in [-0.15, -0.1) is 0 Å². The lowest BCUT2D eigenvalue weighted by Crippen LogP contribution is -2.45. The average Bonchev–Trinajstić information content (AvgIpc) is 2.58. The molecule has 7 heteroatoms. The molecule has 1 aromatic carbocycles. The lowest BCUT2D eigenvalue weighted by Gasteiger charge is -2.34. The highest BCUT2D eigenvalue weighted by atomic mass is 19.1. The topological polar surface area (TPSA) is 83.9 Å². The van der Waals surface area contributed by atoms with E-state index in [1.54, 1.807) is 0 Å². The van der Waals surface area contributed by atoms with Gasteiger partial charge in [-0.25, -0.2) is 4.39 Å². The molecule has 0 saturated carbocycles. The standard InChI is InChI=1S/C18H22FNO5/c1-11-7-13(18(23)24)10-20(9-11)17(22)6-4-15(21)12-3-5-16(25-2)14(19)8-12/h3,5,8,11,13H,4,6-7,9-10H2,1-2H3,(H,23,24).